The highest BCUT2D eigenvalue weighted by atomic mass is 16.5. The Morgan fingerprint density at radius 1 is 1.19 bits per heavy atom. The molecule has 0 saturated carbocycles. The highest BCUT2D eigenvalue weighted by Gasteiger charge is 2.50. The van der Waals surface area contributed by atoms with E-state index in [-0.39, 0.29) is 11.2 Å². The maximum Gasteiger partial charge on any atom is 0.0677 e. The van der Waals surface area contributed by atoms with Gasteiger partial charge in [-0.1, -0.05) is 24.3 Å². The Morgan fingerprint density at radius 2 is 1.90 bits per heavy atom. The molecule has 2 nitrogen and oxygen atoms in total. The fraction of sp³-hybridized carbons (Fsp3) is 0.684. The molecule has 2 heteroatoms. The molecule has 0 amide bonds. The van der Waals surface area contributed by atoms with Gasteiger partial charge in [0, 0.05) is 17.9 Å². The van der Waals surface area contributed by atoms with E-state index in [4.69, 9.17) is 4.74 Å². The van der Waals surface area contributed by atoms with E-state index in [1.54, 1.807) is 11.1 Å². The highest BCUT2D eigenvalue weighted by molar-refractivity contribution is 5.36. The second-order valence-electron chi connectivity index (χ2n) is 7.93. The van der Waals surface area contributed by atoms with Crippen molar-refractivity contribution in [1.82, 2.24) is 5.32 Å². The maximum absolute atomic E-state index is 6.34. The van der Waals surface area contributed by atoms with Gasteiger partial charge in [-0.05, 0) is 65.1 Å². The van der Waals surface area contributed by atoms with Gasteiger partial charge >= 0.3 is 0 Å². The van der Waals surface area contributed by atoms with E-state index < -0.39 is 0 Å². The summed E-state index contributed by atoms with van der Waals surface area (Å²) in [5.74, 6) is 1.17. The third kappa shape index (κ3) is 2.64. The Morgan fingerprint density at radius 3 is 2.52 bits per heavy atom. The molecular weight excluding hydrogens is 258 g/mol. The molecule has 0 bridgehead atoms. The molecule has 1 aliphatic heterocycles. The molecule has 1 aliphatic carbocycles. The van der Waals surface area contributed by atoms with Crippen LogP contribution in [-0.4, -0.2) is 24.3 Å². The summed E-state index contributed by atoms with van der Waals surface area (Å²) < 4.78 is 6.34. The summed E-state index contributed by atoms with van der Waals surface area (Å²) in [6.45, 7) is 8.98. The van der Waals surface area contributed by atoms with Crippen molar-refractivity contribution in [3.63, 3.8) is 0 Å². The van der Waals surface area contributed by atoms with Crippen molar-refractivity contribution < 1.29 is 4.74 Å². The lowest BCUT2D eigenvalue weighted by atomic mass is 9.75. The first kappa shape index (κ1) is 15.1. The summed E-state index contributed by atoms with van der Waals surface area (Å²) in [7, 11) is 2.12. The minimum absolute atomic E-state index is 0.0125. The van der Waals surface area contributed by atoms with Crippen molar-refractivity contribution in [3.05, 3.63) is 35.4 Å². The Balaban J connectivity index is 1.90. The molecule has 1 saturated heterocycles. The summed E-state index contributed by atoms with van der Waals surface area (Å²) in [5, 5.41) is 3.64. The highest BCUT2D eigenvalue weighted by Crippen LogP contribution is 2.48. The van der Waals surface area contributed by atoms with Crippen LogP contribution in [0.2, 0.25) is 0 Å². The van der Waals surface area contributed by atoms with Gasteiger partial charge in [-0.3, -0.25) is 0 Å². The van der Waals surface area contributed by atoms with Gasteiger partial charge in [0.1, 0.15) is 0 Å². The standard InChI is InChI=1S/C19H29NO/c1-18(2)12-16(19(3,4)21-18)17(20-5)15-11-10-13-8-6-7-9-14(13)15/h6-9,15-17,20H,10-12H2,1-5H3. The number of benzene rings is 1. The number of ether oxygens (including phenoxy) is 1. The Bertz CT molecular complexity index is 520. The fourth-order valence-electron chi connectivity index (χ4n) is 4.81. The summed E-state index contributed by atoms with van der Waals surface area (Å²) in [6.07, 6.45) is 3.61. The predicted octanol–water partition coefficient (Wildman–Crippen LogP) is 3.90. The fourth-order valence-corrected chi connectivity index (χ4v) is 4.81. The Labute approximate surface area is 129 Å². The SMILES string of the molecule is CNC(C1CCc2ccccc21)C1CC(C)(C)OC1(C)C. The van der Waals surface area contributed by atoms with Gasteiger partial charge in [0.05, 0.1) is 11.2 Å². The van der Waals surface area contributed by atoms with Gasteiger partial charge < -0.3 is 10.1 Å². The van der Waals surface area contributed by atoms with Crippen molar-refractivity contribution in [2.45, 2.75) is 70.1 Å². The first-order valence-corrected chi connectivity index (χ1v) is 8.29. The lowest BCUT2D eigenvalue weighted by Gasteiger charge is -2.36. The van der Waals surface area contributed by atoms with Gasteiger partial charge in [0.25, 0.3) is 0 Å². The summed E-state index contributed by atoms with van der Waals surface area (Å²) in [6, 6.07) is 9.46. The maximum atomic E-state index is 6.34. The first-order chi connectivity index (χ1) is 9.84. The number of fused-ring (bicyclic) bond motifs is 1. The molecule has 2 aliphatic rings. The van der Waals surface area contributed by atoms with Crippen LogP contribution in [0.4, 0.5) is 0 Å². The molecule has 21 heavy (non-hydrogen) atoms. The number of hydrogen-bond acceptors (Lipinski definition) is 2. The average Bonchev–Trinajstić information content (AvgIpc) is 2.90. The van der Waals surface area contributed by atoms with E-state index in [9.17, 15) is 0 Å². The molecule has 0 aromatic heterocycles. The molecule has 3 atom stereocenters. The van der Waals surface area contributed by atoms with Crippen LogP contribution in [0, 0.1) is 5.92 Å². The monoisotopic (exact) mass is 287 g/mol. The van der Waals surface area contributed by atoms with E-state index >= 15 is 0 Å². The van der Waals surface area contributed by atoms with Crippen molar-refractivity contribution in [2.24, 2.45) is 5.92 Å². The molecule has 1 fully saturated rings. The minimum Gasteiger partial charge on any atom is -0.369 e. The zero-order valence-electron chi connectivity index (χ0n) is 14.1. The number of nitrogens with one attached hydrogen (secondary N) is 1. The average molecular weight is 287 g/mol. The predicted molar refractivity (Wildman–Crippen MR) is 87.7 cm³/mol. The number of rotatable bonds is 3. The van der Waals surface area contributed by atoms with Crippen molar-refractivity contribution in [2.75, 3.05) is 7.05 Å². The zero-order valence-corrected chi connectivity index (χ0v) is 14.1. The number of likely N-dealkylation sites (N-methyl/N-ethyl adjacent to an activating group) is 1. The van der Waals surface area contributed by atoms with Crippen LogP contribution >= 0.6 is 0 Å². The van der Waals surface area contributed by atoms with Gasteiger partial charge in [-0.15, -0.1) is 0 Å². The molecule has 1 N–H and O–H groups in total. The number of hydrogen-bond donors (Lipinski definition) is 1. The normalized spacial score (nSPS) is 31.1. The third-order valence-corrected chi connectivity index (χ3v) is 5.52. The van der Waals surface area contributed by atoms with Crippen LogP contribution in [0.5, 0.6) is 0 Å². The first-order valence-electron chi connectivity index (χ1n) is 8.29. The molecule has 116 valence electrons. The summed E-state index contributed by atoms with van der Waals surface area (Å²) >= 11 is 0. The van der Waals surface area contributed by atoms with Gasteiger partial charge in [0.2, 0.25) is 0 Å². The van der Waals surface area contributed by atoms with Crippen molar-refractivity contribution in [3.8, 4) is 0 Å². The third-order valence-electron chi connectivity index (χ3n) is 5.52. The van der Waals surface area contributed by atoms with Crippen molar-refractivity contribution >= 4 is 0 Å². The summed E-state index contributed by atoms with van der Waals surface area (Å²) in [4.78, 5) is 0. The molecule has 0 spiro atoms. The van der Waals surface area contributed by atoms with Crippen molar-refractivity contribution in [1.29, 1.82) is 0 Å². The lowest BCUT2D eigenvalue weighted by molar-refractivity contribution is -0.0783. The summed E-state index contributed by atoms with van der Waals surface area (Å²) in [5.41, 5.74) is 3.02. The van der Waals surface area contributed by atoms with E-state index in [0.717, 1.165) is 6.42 Å². The van der Waals surface area contributed by atoms with E-state index in [0.29, 0.717) is 17.9 Å². The zero-order chi connectivity index (χ0) is 15.3. The number of aryl methyl sites for hydroxylation is 1. The lowest BCUT2D eigenvalue weighted by Crippen LogP contribution is -2.46. The molecule has 1 aromatic carbocycles. The molecule has 3 unspecified atom stereocenters. The smallest absolute Gasteiger partial charge is 0.0677 e. The molecule has 1 heterocycles. The quantitative estimate of drug-likeness (QED) is 0.910. The molecule has 0 radical (unpaired) electrons. The van der Waals surface area contributed by atoms with E-state index in [1.807, 2.05) is 0 Å². The minimum atomic E-state index is -0.0608. The topological polar surface area (TPSA) is 21.3 Å². The second-order valence-corrected chi connectivity index (χ2v) is 7.93. The van der Waals surface area contributed by atoms with E-state index in [2.05, 4.69) is 64.3 Å². The Hall–Kier alpha value is -0.860. The van der Waals surface area contributed by atoms with Crippen LogP contribution in [-0.2, 0) is 11.2 Å². The van der Waals surface area contributed by atoms with Crippen LogP contribution in [0.1, 0.15) is 57.6 Å². The van der Waals surface area contributed by atoms with Crippen LogP contribution in [0.25, 0.3) is 0 Å². The van der Waals surface area contributed by atoms with Gasteiger partial charge in [-0.25, -0.2) is 0 Å². The second kappa shape index (κ2) is 5.10. The van der Waals surface area contributed by atoms with Crippen LogP contribution in [0.3, 0.4) is 0 Å². The van der Waals surface area contributed by atoms with Gasteiger partial charge in [-0.2, -0.15) is 0 Å². The Kier molecular flexibility index (Phi) is 3.66. The molecular formula is C19H29NO. The van der Waals surface area contributed by atoms with Crippen LogP contribution in [0.15, 0.2) is 24.3 Å². The van der Waals surface area contributed by atoms with E-state index in [1.165, 1.54) is 12.8 Å². The van der Waals surface area contributed by atoms with Gasteiger partial charge in [0.15, 0.2) is 0 Å². The largest absolute Gasteiger partial charge is 0.369 e. The molecule has 3 rings (SSSR count). The molecule has 1 aromatic rings. The van der Waals surface area contributed by atoms with Crippen LogP contribution < -0.4 is 5.32 Å².